The van der Waals surface area contributed by atoms with E-state index in [-0.39, 0.29) is 17.7 Å². The third-order valence-electron chi connectivity index (χ3n) is 4.13. The Kier molecular flexibility index (Phi) is 7.50. The Bertz CT molecular complexity index is 711. The van der Waals surface area contributed by atoms with Crippen LogP contribution in [0, 0.1) is 12.8 Å². The van der Waals surface area contributed by atoms with E-state index < -0.39 is 0 Å². The second kappa shape index (κ2) is 9.62. The van der Waals surface area contributed by atoms with Gasteiger partial charge in [-0.3, -0.25) is 4.79 Å². The molecule has 1 unspecified atom stereocenters. The molecule has 0 aliphatic carbocycles. The maximum absolute atomic E-state index is 12.1. The summed E-state index contributed by atoms with van der Waals surface area (Å²) in [6.07, 6.45) is 3.32. The summed E-state index contributed by atoms with van der Waals surface area (Å²) in [7, 11) is 0. The number of amides is 1. The zero-order chi connectivity index (χ0) is 19.1. The van der Waals surface area contributed by atoms with Gasteiger partial charge in [0.1, 0.15) is 0 Å². The van der Waals surface area contributed by atoms with E-state index in [1.165, 1.54) is 28.4 Å². The second-order valence-corrected chi connectivity index (χ2v) is 8.07. The highest BCUT2D eigenvalue weighted by Crippen LogP contribution is 2.21. The number of rotatable bonds is 9. The molecule has 0 fully saturated rings. The summed E-state index contributed by atoms with van der Waals surface area (Å²) >= 11 is 1.30. The summed E-state index contributed by atoms with van der Waals surface area (Å²) in [6.45, 7) is 8.51. The minimum absolute atomic E-state index is 0.00747. The van der Waals surface area contributed by atoms with E-state index in [0.717, 1.165) is 18.4 Å². The Hall–Kier alpha value is -2.02. The number of carbonyl (C=O) groups is 1. The first-order chi connectivity index (χ1) is 12.4. The van der Waals surface area contributed by atoms with Crippen LogP contribution in [0.5, 0.6) is 0 Å². The first-order valence-corrected chi connectivity index (χ1v) is 10.0. The molecule has 0 saturated carbocycles. The van der Waals surface area contributed by atoms with Crippen LogP contribution in [-0.4, -0.2) is 32.6 Å². The fraction of sp³-hybridized carbons (Fsp3) is 0.526. The minimum atomic E-state index is -0.00747. The molecule has 2 aromatic rings. The third kappa shape index (κ3) is 6.05. The molecule has 26 heavy (non-hydrogen) atoms. The van der Waals surface area contributed by atoms with Crippen LogP contribution in [0.15, 0.2) is 29.4 Å². The summed E-state index contributed by atoms with van der Waals surface area (Å²) in [4.78, 5) is 12.1. The normalized spacial score (nSPS) is 12.3. The van der Waals surface area contributed by atoms with Gasteiger partial charge in [0.05, 0.1) is 5.75 Å². The molecule has 6 nitrogen and oxygen atoms in total. The number of nitrogens with zero attached hydrogens (tertiary/aromatic N) is 3. The number of aromatic nitrogens is 3. The van der Waals surface area contributed by atoms with Crippen LogP contribution in [0.4, 0.5) is 0 Å². The molecule has 1 heterocycles. The quantitative estimate of drug-likeness (QED) is 0.518. The van der Waals surface area contributed by atoms with E-state index in [9.17, 15) is 4.79 Å². The van der Waals surface area contributed by atoms with Gasteiger partial charge in [0.2, 0.25) is 11.1 Å². The first-order valence-electron chi connectivity index (χ1n) is 9.06. The van der Waals surface area contributed by atoms with E-state index in [1.54, 1.807) is 0 Å². The molecule has 142 valence electrons. The Morgan fingerprint density at radius 2 is 1.88 bits per heavy atom. The second-order valence-electron chi connectivity index (χ2n) is 7.12. The van der Waals surface area contributed by atoms with Crippen LogP contribution >= 0.6 is 11.8 Å². The van der Waals surface area contributed by atoms with Crippen molar-refractivity contribution in [2.75, 3.05) is 11.6 Å². The van der Waals surface area contributed by atoms with Gasteiger partial charge in [-0.15, -0.1) is 10.2 Å². The van der Waals surface area contributed by atoms with Crippen LogP contribution in [-0.2, 0) is 4.79 Å². The van der Waals surface area contributed by atoms with Gasteiger partial charge in [-0.05, 0) is 26.2 Å². The van der Waals surface area contributed by atoms with E-state index in [2.05, 4.69) is 29.4 Å². The molecule has 0 aliphatic rings. The number of thioether (sulfide) groups is 1. The number of aryl methyl sites for hydroxylation is 1. The van der Waals surface area contributed by atoms with E-state index >= 15 is 0 Å². The largest absolute Gasteiger partial charge is 0.353 e. The lowest BCUT2D eigenvalue weighted by Gasteiger charge is -2.14. The van der Waals surface area contributed by atoms with Crippen molar-refractivity contribution in [2.24, 2.45) is 5.92 Å². The summed E-state index contributed by atoms with van der Waals surface area (Å²) in [5.41, 5.74) is 2.08. The van der Waals surface area contributed by atoms with Gasteiger partial charge in [-0.25, -0.2) is 4.68 Å². The molecule has 3 N–H and O–H groups in total. The third-order valence-corrected chi connectivity index (χ3v) is 5.08. The molecule has 0 bridgehead atoms. The van der Waals surface area contributed by atoms with Crippen molar-refractivity contribution in [3.8, 4) is 11.4 Å². The molecule has 1 aromatic carbocycles. The molecule has 1 amide bonds. The molecule has 7 heteroatoms. The Balaban J connectivity index is 1.84. The maximum atomic E-state index is 12.1. The SMILES string of the molecule is Cc1ccc(-c2nnc(SCC(=O)NC(C)CCCC(C)C)n2N)cc1. The maximum Gasteiger partial charge on any atom is 0.230 e. The van der Waals surface area contributed by atoms with Crippen LogP contribution < -0.4 is 11.2 Å². The van der Waals surface area contributed by atoms with Crippen LogP contribution in [0.3, 0.4) is 0 Å². The number of nitrogens with one attached hydrogen (secondary N) is 1. The summed E-state index contributed by atoms with van der Waals surface area (Å²) in [5.74, 6) is 7.66. The zero-order valence-electron chi connectivity index (χ0n) is 16.0. The lowest BCUT2D eigenvalue weighted by molar-refractivity contribution is -0.119. The van der Waals surface area contributed by atoms with Gasteiger partial charge in [-0.1, -0.05) is 68.3 Å². The monoisotopic (exact) mass is 375 g/mol. The van der Waals surface area contributed by atoms with Gasteiger partial charge >= 0.3 is 0 Å². The van der Waals surface area contributed by atoms with E-state index in [4.69, 9.17) is 5.84 Å². The van der Waals surface area contributed by atoms with Gasteiger partial charge in [0.25, 0.3) is 0 Å². The van der Waals surface area contributed by atoms with Gasteiger partial charge in [-0.2, -0.15) is 0 Å². The number of carbonyl (C=O) groups excluding carboxylic acids is 1. The molecule has 0 aliphatic heterocycles. The Morgan fingerprint density at radius 3 is 2.54 bits per heavy atom. The van der Waals surface area contributed by atoms with Crippen LogP contribution in [0.2, 0.25) is 0 Å². The highest BCUT2D eigenvalue weighted by Gasteiger charge is 2.14. The molecule has 0 saturated heterocycles. The van der Waals surface area contributed by atoms with Crippen LogP contribution in [0.25, 0.3) is 11.4 Å². The zero-order valence-corrected chi connectivity index (χ0v) is 16.8. The van der Waals surface area contributed by atoms with Gasteiger partial charge in [0, 0.05) is 11.6 Å². The van der Waals surface area contributed by atoms with Crippen molar-refractivity contribution in [3.05, 3.63) is 29.8 Å². The molecule has 1 aromatic heterocycles. The average Bonchev–Trinajstić information content (AvgIpc) is 2.94. The summed E-state index contributed by atoms with van der Waals surface area (Å²) in [6, 6.07) is 8.11. The highest BCUT2D eigenvalue weighted by molar-refractivity contribution is 7.99. The van der Waals surface area contributed by atoms with Crippen molar-refractivity contribution < 1.29 is 4.79 Å². The number of hydrogen-bond donors (Lipinski definition) is 2. The fourth-order valence-corrected chi connectivity index (χ4v) is 3.29. The predicted molar refractivity (Wildman–Crippen MR) is 107 cm³/mol. The average molecular weight is 376 g/mol. The Morgan fingerprint density at radius 1 is 1.19 bits per heavy atom. The number of nitrogens with two attached hydrogens (primary N) is 1. The van der Waals surface area contributed by atoms with Crippen LogP contribution in [0.1, 0.15) is 45.6 Å². The predicted octanol–water partition coefficient (Wildman–Crippen LogP) is 3.39. The van der Waals surface area contributed by atoms with Crippen molar-refractivity contribution in [2.45, 2.75) is 58.2 Å². The molecule has 2 rings (SSSR count). The summed E-state index contributed by atoms with van der Waals surface area (Å²) < 4.78 is 1.44. The fourth-order valence-electron chi connectivity index (χ4n) is 2.63. The van der Waals surface area contributed by atoms with Crippen molar-refractivity contribution in [1.29, 1.82) is 0 Å². The van der Waals surface area contributed by atoms with Gasteiger partial charge in [0.15, 0.2) is 5.82 Å². The topological polar surface area (TPSA) is 85.8 Å². The summed E-state index contributed by atoms with van der Waals surface area (Å²) in [5, 5.41) is 11.8. The lowest BCUT2D eigenvalue weighted by atomic mass is 10.0. The Labute approximate surface area is 159 Å². The molecular weight excluding hydrogens is 346 g/mol. The van der Waals surface area contributed by atoms with E-state index in [0.29, 0.717) is 16.9 Å². The minimum Gasteiger partial charge on any atom is -0.353 e. The van der Waals surface area contributed by atoms with Crippen molar-refractivity contribution in [3.63, 3.8) is 0 Å². The smallest absolute Gasteiger partial charge is 0.230 e. The standard InChI is InChI=1S/C19H29N5OS/c1-13(2)6-5-7-15(4)21-17(25)12-26-19-23-22-18(24(19)20)16-10-8-14(3)9-11-16/h8-11,13,15H,5-7,12,20H2,1-4H3,(H,21,25). The number of hydrogen-bond acceptors (Lipinski definition) is 5. The molecular formula is C19H29N5OS. The molecule has 1 atom stereocenters. The molecule has 0 radical (unpaired) electrons. The highest BCUT2D eigenvalue weighted by atomic mass is 32.2. The van der Waals surface area contributed by atoms with Crippen molar-refractivity contribution in [1.82, 2.24) is 20.2 Å². The van der Waals surface area contributed by atoms with E-state index in [1.807, 2.05) is 38.1 Å². The lowest BCUT2D eigenvalue weighted by Crippen LogP contribution is -2.34. The first kappa shape index (κ1) is 20.3. The number of nitrogen functional groups attached to an aromatic ring is 1. The van der Waals surface area contributed by atoms with Gasteiger partial charge < -0.3 is 11.2 Å². The van der Waals surface area contributed by atoms with Crippen molar-refractivity contribution >= 4 is 17.7 Å². The number of benzene rings is 1. The molecule has 0 spiro atoms.